The van der Waals surface area contributed by atoms with E-state index in [0.717, 1.165) is 13.1 Å². The monoisotopic (exact) mass is 269 g/mol. The number of aromatic nitrogens is 2. The third kappa shape index (κ3) is 2.44. The molecule has 2 aliphatic heterocycles. The van der Waals surface area contributed by atoms with Crippen molar-refractivity contribution in [2.24, 2.45) is 0 Å². The number of hydrogen-bond donors (Lipinski definition) is 1. The van der Waals surface area contributed by atoms with Gasteiger partial charge >= 0.3 is 0 Å². The summed E-state index contributed by atoms with van der Waals surface area (Å²) >= 11 is 0. The zero-order valence-electron chi connectivity index (χ0n) is 10.4. The topological polar surface area (TPSA) is 64.0 Å². The lowest BCUT2D eigenvalue weighted by molar-refractivity contribution is 0.459. The van der Waals surface area contributed by atoms with Gasteiger partial charge in [-0.2, -0.15) is 5.10 Å². The quantitative estimate of drug-likeness (QED) is 0.859. The van der Waals surface area contributed by atoms with Gasteiger partial charge in [-0.3, -0.25) is 4.68 Å². The highest BCUT2D eigenvalue weighted by atomic mass is 32.2. The fraction of sp³-hybridized carbons (Fsp3) is 0.750. The smallest absolute Gasteiger partial charge is 0.152 e. The highest BCUT2D eigenvalue weighted by molar-refractivity contribution is 7.91. The Bertz CT molecular complexity index is 517. The lowest BCUT2D eigenvalue weighted by Crippen LogP contribution is -2.28. The van der Waals surface area contributed by atoms with Gasteiger partial charge in [0, 0.05) is 12.7 Å². The normalized spacial score (nSPS) is 31.6. The van der Waals surface area contributed by atoms with E-state index in [1.807, 2.05) is 17.1 Å². The van der Waals surface area contributed by atoms with Crippen LogP contribution in [-0.2, 0) is 9.84 Å². The Labute approximate surface area is 107 Å². The molecule has 18 heavy (non-hydrogen) atoms. The lowest BCUT2D eigenvalue weighted by Gasteiger charge is -2.21. The molecule has 0 bridgehead atoms. The van der Waals surface area contributed by atoms with Gasteiger partial charge in [-0.15, -0.1) is 0 Å². The summed E-state index contributed by atoms with van der Waals surface area (Å²) in [5.74, 6) is 1.08. The number of rotatable bonds is 2. The van der Waals surface area contributed by atoms with Crippen molar-refractivity contribution in [2.45, 2.75) is 31.2 Å². The van der Waals surface area contributed by atoms with E-state index in [0.29, 0.717) is 18.1 Å². The molecule has 0 saturated carbocycles. The van der Waals surface area contributed by atoms with Crippen molar-refractivity contribution in [2.75, 3.05) is 24.6 Å². The molecule has 0 spiro atoms. The Hall–Kier alpha value is -0.880. The van der Waals surface area contributed by atoms with Crippen molar-refractivity contribution in [1.82, 2.24) is 15.1 Å². The molecule has 6 heteroatoms. The van der Waals surface area contributed by atoms with E-state index < -0.39 is 9.84 Å². The minimum atomic E-state index is -2.83. The molecule has 2 unspecified atom stereocenters. The van der Waals surface area contributed by atoms with E-state index >= 15 is 0 Å². The van der Waals surface area contributed by atoms with Gasteiger partial charge in [0.1, 0.15) is 0 Å². The summed E-state index contributed by atoms with van der Waals surface area (Å²) in [7, 11) is -2.83. The third-order valence-corrected chi connectivity index (χ3v) is 5.72. The maximum Gasteiger partial charge on any atom is 0.152 e. The van der Waals surface area contributed by atoms with E-state index in [-0.39, 0.29) is 11.8 Å². The zero-order chi connectivity index (χ0) is 12.6. The van der Waals surface area contributed by atoms with Gasteiger partial charge < -0.3 is 5.32 Å². The second-order valence-corrected chi connectivity index (χ2v) is 7.58. The maximum atomic E-state index is 11.5. The Morgan fingerprint density at radius 3 is 2.94 bits per heavy atom. The molecule has 2 saturated heterocycles. The molecular formula is C12H19N3O2S. The van der Waals surface area contributed by atoms with Crippen LogP contribution < -0.4 is 5.32 Å². The summed E-state index contributed by atoms with van der Waals surface area (Å²) in [5.41, 5.74) is 1.24. The first-order valence-electron chi connectivity index (χ1n) is 6.59. The SMILES string of the molecule is O=S1(=O)CCC(n2cc(C3CCCNC3)cn2)C1. The third-order valence-electron chi connectivity index (χ3n) is 3.97. The van der Waals surface area contributed by atoms with Crippen molar-refractivity contribution in [1.29, 1.82) is 0 Å². The van der Waals surface area contributed by atoms with Gasteiger partial charge in [0.15, 0.2) is 9.84 Å². The van der Waals surface area contributed by atoms with E-state index in [9.17, 15) is 8.42 Å². The standard InChI is InChI=1S/C12H19N3O2S/c16-18(17)5-3-12(9-18)15-8-11(7-14-15)10-2-1-4-13-6-10/h7-8,10,12-13H,1-6,9H2. The van der Waals surface area contributed by atoms with Gasteiger partial charge in [0.05, 0.1) is 23.7 Å². The largest absolute Gasteiger partial charge is 0.316 e. The van der Waals surface area contributed by atoms with Crippen LogP contribution in [0.1, 0.15) is 36.8 Å². The van der Waals surface area contributed by atoms with Crippen LogP contribution in [0.15, 0.2) is 12.4 Å². The Morgan fingerprint density at radius 1 is 1.39 bits per heavy atom. The van der Waals surface area contributed by atoms with Gasteiger partial charge in [0.2, 0.25) is 0 Å². The summed E-state index contributed by atoms with van der Waals surface area (Å²) in [4.78, 5) is 0. The van der Waals surface area contributed by atoms with Crippen LogP contribution in [0.5, 0.6) is 0 Å². The molecule has 1 aromatic heterocycles. The van der Waals surface area contributed by atoms with Gasteiger partial charge in [-0.25, -0.2) is 8.42 Å². The average molecular weight is 269 g/mol. The van der Waals surface area contributed by atoms with Gasteiger partial charge in [-0.1, -0.05) is 0 Å². The van der Waals surface area contributed by atoms with Crippen LogP contribution in [0.25, 0.3) is 0 Å². The second kappa shape index (κ2) is 4.66. The van der Waals surface area contributed by atoms with E-state index in [4.69, 9.17) is 0 Å². The summed E-state index contributed by atoms with van der Waals surface area (Å²) in [6.07, 6.45) is 7.05. The van der Waals surface area contributed by atoms with Crippen molar-refractivity contribution < 1.29 is 8.42 Å². The molecule has 2 aliphatic rings. The number of hydrogen-bond acceptors (Lipinski definition) is 4. The van der Waals surface area contributed by atoms with Gasteiger partial charge in [-0.05, 0) is 37.3 Å². The van der Waals surface area contributed by atoms with Crippen LogP contribution in [-0.4, -0.2) is 42.8 Å². The minimum absolute atomic E-state index is 0.0419. The van der Waals surface area contributed by atoms with Crippen LogP contribution in [0.3, 0.4) is 0 Å². The predicted octanol–water partition coefficient (Wildman–Crippen LogP) is 0.710. The zero-order valence-corrected chi connectivity index (χ0v) is 11.2. The molecule has 3 rings (SSSR count). The first kappa shape index (κ1) is 12.2. The van der Waals surface area contributed by atoms with E-state index in [1.165, 1.54) is 18.4 Å². The van der Waals surface area contributed by atoms with Crippen molar-refractivity contribution in [3.05, 3.63) is 18.0 Å². The minimum Gasteiger partial charge on any atom is -0.316 e. The summed E-state index contributed by atoms with van der Waals surface area (Å²) in [6, 6.07) is 0.0419. The summed E-state index contributed by atoms with van der Waals surface area (Å²) < 4.78 is 24.8. The van der Waals surface area contributed by atoms with Crippen molar-refractivity contribution >= 4 is 9.84 Å². The molecule has 1 N–H and O–H groups in total. The van der Waals surface area contributed by atoms with Crippen molar-refractivity contribution in [3.8, 4) is 0 Å². The highest BCUT2D eigenvalue weighted by Gasteiger charge is 2.30. The van der Waals surface area contributed by atoms with Crippen LogP contribution in [0.2, 0.25) is 0 Å². The first-order chi connectivity index (χ1) is 8.64. The average Bonchev–Trinajstić information content (AvgIpc) is 2.96. The molecule has 5 nitrogen and oxygen atoms in total. The van der Waals surface area contributed by atoms with E-state index in [1.54, 1.807) is 0 Å². The van der Waals surface area contributed by atoms with Gasteiger partial charge in [0.25, 0.3) is 0 Å². The molecule has 1 aromatic rings. The molecule has 0 radical (unpaired) electrons. The molecule has 100 valence electrons. The molecule has 0 aromatic carbocycles. The fourth-order valence-corrected chi connectivity index (χ4v) is 4.59. The summed E-state index contributed by atoms with van der Waals surface area (Å²) in [5, 5.41) is 7.76. The molecule has 2 atom stereocenters. The summed E-state index contributed by atoms with van der Waals surface area (Å²) in [6.45, 7) is 2.11. The number of nitrogens with one attached hydrogen (secondary N) is 1. The first-order valence-corrected chi connectivity index (χ1v) is 8.41. The highest BCUT2D eigenvalue weighted by Crippen LogP contribution is 2.27. The molecule has 0 aliphatic carbocycles. The van der Waals surface area contributed by atoms with Crippen LogP contribution >= 0.6 is 0 Å². The molecule has 3 heterocycles. The Balaban J connectivity index is 1.73. The van der Waals surface area contributed by atoms with Crippen LogP contribution in [0.4, 0.5) is 0 Å². The fourth-order valence-electron chi connectivity index (χ4n) is 2.88. The van der Waals surface area contributed by atoms with Crippen molar-refractivity contribution in [3.63, 3.8) is 0 Å². The molecule has 0 amide bonds. The van der Waals surface area contributed by atoms with E-state index in [2.05, 4.69) is 10.4 Å². The Kier molecular flexibility index (Phi) is 3.15. The number of nitrogens with zero attached hydrogens (tertiary/aromatic N) is 2. The second-order valence-electron chi connectivity index (χ2n) is 5.35. The predicted molar refractivity (Wildman–Crippen MR) is 69.4 cm³/mol. The lowest BCUT2D eigenvalue weighted by atomic mass is 9.94. The number of sulfone groups is 1. The molecular weight excluding hydrogens is 250 g/mol. The maximum absolute atomic E-state index is 11.5. The number of piperidine rings is 1. The Morgan fingerprint density at radius 2 is 2.28 bits per heavy atom. The van der Waals surface area contributed by atoms with Crippen LogP contribution in [0, 0.1) is 0 Å². The molecule has 2 fully saturated rings.